The molecule has 1 aliphatic rings. The molecule has 0 N–H and O–H groups in total. The summed E-state index contributed by atoms with van der Waals surface area (Å²) in [6.45, 7) is 7.97. The molecule has 1 aliphatic carbocycles. The normalized spacial score (nSPS) is 19.3. The zero-order valence-electron chi connectivity index (χ0n) is 14.2. The second kappa shape index (κ2) is 8.96. The first-order chi connectivity index (χ1) is 10.4. The van der Waals surface area contributed by atoms with Crippen LogP contribution in [0.2, 0.25) is 0 Å². The van der Waals surface area contributed by atoms with Crippen molar-refractivity contribution in [1.29, 1.82) is 0 Å². The summed E-state index contributed by atoms with van der Waals surface area (Å²) in [6, 6.07) is 0. The molecule has 0 atom stereocenters. The molecule has 0 aromatic heterocycles. The Hall–Kier alpha value is 0.300. The van der Waals surface area contributed by atoms with Gasteiger partial charge >= 0.3 is 15.2 Å². The van der Waals surface area contributed by atoms with Crippen molar-refractivity contribution in [2.75, 3.05) is 26.4 Å². The Labute approximate surface area is 134 Å². The minimum atomic E-state index is -3.62. The molecule has 0 unspecified atom stereocenters. The maximum atomic E-state index is 13.5. The Balaban J connectivity index is 3.39. The molecule has 132 valence electrons. The third-order valence-electron chi connectivity index (χ3n) is 3.87. The van der Waals surface area contributed by atoms with Crippen molar-refractivity contribution in [3.8, 4) is 0 Å². The zero-order valence-corrected chi connectivity index (χ0v) is 16.0. The summed E-state index contributed by atoms with van der Waals surface area (Å²) in [5.41, 5.74) is 0. The number of hydrogen-bond acceptors (Lipinski definition) is 6. The smallest absolute Gasteiger partial charge is 0.308 e. The van der Waals surface area contributed by atoms with Crippen molar-refractivity contribution in [3.63, 3.8) is 0 Å². The fraction of sp³-hybridized carbons (Fsp3) is 1.00. The molecule has 1 fully saturated rings. The van der Waals surface area contributed by atoms with Crippen molar-refractivity contribution in [3.05, 3.63) is 0 Å². The summed E-state index contributed by atoms with van der Waals surface area (Å²) in [5.74, 6) is 0. The first-order valence-electron chi connectivity index (χ1n) is 8.23. The summed E-state index contributed by atoms with van der Waals surface area (Å²) in [4.78, 5) is -1.18. The van der Waals surface area contributed by atoms with E-state index < -0.39 is 20.1 Å². The van der Waals surface area contributed by atoms with Crippen LogP contribution in [0.1, 0.15) is 59.8 Å². The number of rotatable bonds is 10. The summed E-state index contributed by atoms with van der Waals surface area (Å²) in [7, 11) is -7.24. The predicted octanol–water partition coefficient (Wildman–Crippen LogP) is 5.18. The second-order valence-corrected chi connectivity index (χ2v) is 10.3. The van der Waals surface area contributed by atoms with Crippen LogP contribution in [0.25, 0.3) is 0 Å². The molecule has 0 aromatic rings. The van der Waals surface area contributed by atoms with Crippen LogP contribution in [-0.4, -0.2) is 31.3 Å². The van der Waals surface area contributed by atoms with Gasteiger partial charge in [-0.1, -0.05) is 19.3 Å². The van der Waals surface area contributed by atoms with Crippen molar-refractivity contribution >= 4 is 15.2 Å². The second-order valence-electron chi connectivity index (χ2n) is 5.21. The van der Waals surface area contributed by atoms with Crippen LogP contribution in [0.3, 0.4) is 0 Å². The molecule has 0 heterocycles. The molecule has 0 amide bonds. The van der Waals surface area contributed by atoms with Crippen LogP contribution in [0, 0.1) is 0 Å². The number of hydrogen-bond donors (Lipinski definition) is 0. The Morgan fingerprint density at radius 2 is 1.00 bits per heavy atom. The summed E-state index contributed by atoms with van der Waals surface area (Å²) < 4.78 is 49.2. The third kappa shape index (κ3) is 3.85. The summed E-state index contributed by atoms with van der Waals surface area (Å²) in [5, 5.41) is 0. The van der Waals surface area contributed by atoms with E-state index in [0.29, 0.717) is 12.8 Å². The molecule has 0 spiro atoms. The molecule has 22 heavy (non-hydrogen) atoms. The van der Waals surface area contributed by atoms with Crippen LogP contribution in [0.15, 0.2) is 0 Å². The monoisotopic (exact) mass is 356 g/mol. The molecule has 0 radical (unpaired) electrons. The molecular weight excluding hydrogens is 326 g/mol. The topological polar surface area (TPSA) is 71.1 Å². The summed E-state index contributed by atoms with van der Waals surface area (Å²) >= 11 is 0. The minimum absolute atomic E-state index is 0.233. The Bertz CT molecular complexity index is 368. The molecule has 0 aliphatic heterocycles. The van der Waals surface area contributed by atoms with Gasteiger partial charge in [0, 0.05) is 0 Å². The molecule has 0 bridgehead atoms. The van der Waals surface area contributed by atoms with Crippen LogP contribution in [0.4, 0.5) is 0 Å². The van der Waals surface area contributed by atoms with E-state index in [-0.39, 0.29) is 26.4 Å². The molecule has 0 saturated heterocycles. The van der Waals surface area contributed by atoms with Crippen molar-refractivity contribution < 1.29 is 27.2 Å². The van der Waals surface area contributed by atoms with E-state index in [1.807, 2.05) is 0 Å². The molecule has 8 heteroatoms. The highest BCUT2D eigenvalue weighted by Gasteiger charge is 2.64. The van der Waals surface area contributed by atoms with Crippen LogP contribution >= 0.6 is 15.2 Å². The molecule has 1 rings (SSSR count). The van der Waals surface area contributed by atoms with Gasteiger partial charge in [0.25, 0.3) is 0 Å². The van der Waals surface area contributed by atoms with Crippen LogP contribution in [0.5, 0.6) is 0 Å². The lowest BCUT2D eigenvalue weighted by Gasteiger charge is -2.44. The highest BCUT2D eigenvalue weighted by Crippen LogP contribution is 2.81. The first-order valence-corrected chi connectivity index (χ1v) is 11.3. The fourth-order valence-corrected chi connectivity index (χ4v) is 9.14. The average Bonchev–Trinajstić information content (AvgIpc) is 2.49. The highest BCUT2D eigenvalue weighted by molar-refractivity contribution is 7.74. The fourth-order valence-electron chi connectivity index (χ4n) is 3.05. The average molecular weight is 356 g/mol. The van der Waals surface area contributed by atoms with Gasteiger partial charge in [0.1, 0.15) is 0 Å². The van der Waals surface area contributed by atoms with E-state index in [1.165, 1.54) is 0 Å². The molecular formula is C14H30O6P2. The third-order valence-corrected chi connectivity index (χ3v) is 10.7. The van der Waals surface area contributed by atoms with Crippen molar-refractivity contribution in [2.24, 2.45) is 0 Å². The highest BCUT2D eigenvalue weighted by atomic mass is 31.2. The summed E-state index contributed by atoms with van der Waals surface area (Å²) in [6.07, 6.45) is 3.59. The lowest BCUT2D eigenvalue weighted by Crippen LogP contribution is -2.35. The van der Waals surface area contributed by atoms with Gasteiger partial charge in [-0.05, 0) is 40.5 Å². The molecule has 6 nitrogen and oxygen atoms in total. The molecule has 1 saturated carbocycles. The Kier molecular flexibility index (Phi) is 8.29. The largest absolute Gasteiger partial charge is 0.348 e. The van der Waals surface area contributed by atoms with E-state index in [2.05, 4.69) is 0 Å². The maximum absolute atomic E-state index is 13.5. The first kappa shape index (κ1) is 20.3. The van der Waals surface area contributed by atoms with Crippen LogP contribution in [-0.2, 0) is 27.2 Å². The van der Waals surface area contributed by atoms with Gasteiger partial charge in [0.2, 0.25) is 0 Å². The zero-order chi connectivity index (χ0) is 16.7. The predicted molar refractivity (Wildman–Crippen MR) is 87.5 cm³/mol. The SMILES string of the molecule is CCOP(=O)(OCC)C1(P(=O)(OCC)OCC)CCCCC1. The maximum Gasteiger partial charge on any atom is 0.348 e. The van der Waals surface area contributed by atoms with Gasteiger partial charge in [0.05, 0.1) is 26.4 Å². The van der Waals surface area contributed by atoms with Crippen LogP contribution < -0.4 is 0 Å². The van der Waals surface area contributed by atoms with Gasteiger partial charge < -0.3 is 18.1 Å². The minimum Gasteiger partial charge on any atom is -0.308 e. The quantitative estimate of drug-likeness (QED) is 0.502. The van der Waals surface area contributed by atoms with E-state index in [1.54, 1.807) is 27.7 Å². The van der Waals surface area contributed by atoms with E-state index >= 15 is 0 Å². The lowest BCUT2D eigenvalue weighted by atomic mass is 9.99. The Morgan fingerprint density at radius 3 is 1.27 bits per heavy atom. The van der Waals surface area contributed by atoms with Crippen molar-refractivity contribution in [1.82, 2.24) is 0 Å². The van der Waals surface area contributed by atoms with Crippen molar-refractivity contribution in [2.45, 2.75) is 64.7 Å². The van der Waals surface area contributed by atoms with Gasteiger partial charge in [0.15, 0.2) is 4.90 Å². The van der Waals surface area contributed by atoms with Gasteiger partial charge in [-0.25, -0.2) is 0 Å². The van der Waals surface area contributed by atoms with Gasteiger partial charge in [-0.15, -0.1) is 0 Å². The lowest BCUT2D eigenvalue weighted by molar-refractivity contribution is 0.165. The Morgan fingerprint density at radius 1 is 0.682 bits per heavy atom. The van der Waals surface area contributed by atoms with E-state index in [0.717, 1.165) is 19.3 Å². The van der Waals surface area contributed by atoms with Gasteiger partial charge in [-0.3, -0.25) is 9.13 Å². The van der Waals surface area contributed by atoms with E-state index in [4.69, 9.17) is 18.1 Å². The van der Waals surface area contributed by atoms with Gasteiger partial charge in [-0.2, -0.15) is 0 Å². The van der Waals surface area contributed by atoms with E-state index in [9.17, 15) is 9.13 Å². The molecule has 0 aromatic carbocycles. The standard InChI is InChI=1S/C14H30O6P2/c1-5-17-21(15,18-6-2)14(12-10-9-11-13-14)22(16,19-7-3)20-8-4/h5-13H2,1-4H3.